The molecule has 0 N–H and O–H groups in total. The normalized spacial score (nSPS) is 12.9. The van der Waals surface area contributed by atoms with Crippen molar-refractivity contribution in [1.29, 1.82) is 0 Å². The predicted octanol–water partition coefficient (Wildman–Crippen LogP) is 18.8. The van der Waals surface area contributed by atoms with E-state index >= 15 is 0 Å². The van der Waals surface area contributed by atoms with Gasteiger partial charge >= 0.3 is 0 Å². The average Bonchev–Trinajstić information content (AvgIpc) is 4.07. The van der Waals surface area contributed by atoms with Gasteiger partial charge in [-0.15, -0.1) is 0 Å². The lowest BCUT2D eigenvalue weighted by Crippen LogP contribution is -2.10. The topological polar surface area (TPSA) is 12.6 Å². The fraction of sp³-hybridized carbons (Fsp3) is 0.0588. The van der Waals surface area contributed by atoms with Crippen molar-refractivity contribution in [3.05, 3.63) is 253 Å². The molecule has 1 aliphatic carbocycles. The summed E-state index contributed by atoms with van der Waals surface area (Å²) >= 11 is 0. The second-order valence-corrected chi connectivity index (χ2v) is 18.6. The standard InChI is InChI=1S/C68H51N3/c1-5-19-58-59-29-18-28-52(67(59)70(63(58)8-4)46-21-10-9-11-22-46)45-33-37-48(38-34-45)69(49-39-40-57-55-25-13-12-23-53(55)54-24-14-15-26-56(54)62(57)43-49)47-35-31-44(32-36-47)51-41-42-60-50(7-3)64(20-6-2)71-65-30-17-16-27-61(65)66(51)68(60)71/h5-17,19-28,30-43H,3-4,18,29H2,1-2H3/b19-5-,20-6-. The Morgan fingerprint density at radius 3 is 1.72 bits per heavy atom. The van der Waals surface area contributed by atoms with E-state index in [2.05, 4.69) is 253 Å². The Kier molecular flexibility index (Phi) is 10.1. The van der Waals surface area contributed by atoms with Crippen LogP contribution in [0.25, 0.3) is 106 Å². The molecule has 13 rings (SSSR count). The van der Waals surface area contributed by atoms with E-state index in [4.69, 9.17) is 0 Å². The molecular formula is C68H51N3. The minimum absolute atomic E-state index is 0.973. The number of allylic oxidation sites excluding steroid dienone is 3. The summed E-state index contributed by atoms with van der Waals surface area (Å²) in [5.74, 6) is 0. The second-order valence-electron chi connectivity index (χ2n) is 18.6. The molecule has 0 amide bonds. The minimum Gasteiger partial charge on any atom is -0.310 e. The molecule has 12 aromatic rings. The number of benzene rings is 9. The Balaban J connectivity index is 0.979. The molecule has 0 aliphatic heterocycles. The van der Waals surface area contributed by atoms with Crippen LogP contribution in [-0.2, 0) is 6.42 Å². The third kappa shape index (κ3) is 6.43. The van der Waals surface area contributed by atoms with Crippen molar-refractivity contribution in [2.75, 3.05) is 4.90 Å². The lowest BCUT2D eigenvalue weighted by atomic mass is 9.89. The van der Waals surface area contributed by atoms with Crippen LogP contribution in [-0.4, -0.2) is 8.97 Å². The quantitative estimate of drug-likeness (QED) is 0.125. The van der Waals surface area contributed by atoms with Gasteiger partial charge in [-0.2, -0.15) is 0 Å². The third-order valence-electron chi connectivity index (χ3n) is 14.9. The van der Waals surface area contributed by atoms with Gasteiger partial charge in [0.1, 0.15) is 0 Å². The van der Waals surface area contributed by atoms with E-state index in [1.54, 1.807) is 0 Å². The van der Waals surface area contributed by atoms with Gasteiger partial charge in [0.2, 0.25) is 0 Å². The van der Waals surface area contributed by atoms with E-state index in [-0.39, 0.29) is 0 Å². The van der Waals surface area contributed by atoms with E-state index in [1.165, 1.54) is 110 Å². The lowest BCUT2D eigenvalue weighted by molar-refractivity contribution is 0.944. The molecule has 3 aromatic heterocycles. The summed E-state index contributed by atoms with van der Waals surface area (Å²) in [4.78, 5) is 2.42. The highest BCUT2D eigenvalue weighted by molar-refractivity contribution is 6.26. The van der Waals surface area contributed by atoms with E-state index in [1.807, 2.05) is 12.2 Å². The molecule has 0 saturated heterocycles. The molecule has 0 saturated carbocycles. The van der Waals surface area contributed by atoms with Crippen LogP contribution in [0.2, 0.25) is 0 Å². The lowest BCUT2D eigenvalue weighted by Gasteiger charge is -2.27. The Labute approximate surface area is 414 Å². The number of fused-ring (bicyclic) bond motifs is 10. The van der Waals surface area contributed by atoms with Crippen LogP contribution in [0.1, 0.15) is 59.6 Å². The van der Waals surface area contributed by atoms with Crippen LogP contribution in [0.15, 0.2) is 213 Å². The number of aromatic nitrogens is 2. The van der Waals surface area contributed by atoms with Crippen LogP contribution in [0.3, 0.4) is 0 Å². The molecule has 3 nitrogen and oxygen atoms in total. The third-order valence-corrected chi connectivity index (χ3v) is 14.9. The van der Waals surface area contributed by atoms with Crippen LogP contribution in [0.5, 0.6) is 0 Å². The number of hydrogen-bond acceptors (Lipinski definition) is 1. The van der Waals surface area contributed by atoms with Gasteiger partial charge in [0.05, 0.1) is 28.1 Å². The molecule has 1 aliphatic rings. The van der Waals surface area contributed by atoms with Crippen molar-refractivity contribution in [2.24, 2.45) is 0 Å². The first-order valence-electron chi connectivity index (χ1n) is 24.8. The molecule has 3 heterocycles. The fourth-order valence-corrected chi connectivity index (χ4v) is 12.0. The Bertz CT molecular complexity index is 4160. The summed E-state index contributed by atoms with van der Waals surface area (Å²) in [5, 5.41) is 11.3. The summed E-state index contributed by atoms with van der Waals surface area (Å²) in [6, 6.07) is 67.2. The second kappa shape index (κ2) is 16.9. The number of hydrogen-bond donors (Lipinski definition) is 0. The van der Waals surface area contributed by atoms with Gasteiger partial charge in [0, 0.05) is 55.6 Å². The van der Waals surface area contributed by atoms with E-state index < -0.39 is 0 Å². The number of nitrogens with zero attached hydrogens (tertiary/aromatic N) is 3. The average molecular weight is 910 g/mol. The maximum atomic E-state index is 4.32. The number of anilines is 3. The predicted molar refractivity (Wildman–Crippen MR) is 307 cm³/mol. The van der Waals surface area contributed by atoms with Gasteiger partial charge in [-0.3, -0.25) is 0 Å². The first kappa shape index (κ1) is 42.2. The van der Waals surface area contributed by atoms with Gasteiger partial charge < -0.3 is 13.9 Å². The summed E-state index contributed by atoms with van der Waals surface area (Å²) in [6.07, 6.45) is 17.1. The highest BCUT2D eigenvalue weighted by Gasteiger charge is 2.27. The maximum Gasteiger partial charge on any atom is 0.0626 e. The summed E-state index contributed by atoms with van der Waals surface area (Å²) < 4.78 is 4.84. The molecule has 338 valence electrons. The van der Waals surface area contributed by atoms with Crippen molar-refractivity contribution in [1.82, 2.24) is 8.97 Å². The van der Waals surface area contributed by atoms with Gasteiger partial charge in [0.25, 0.3) is 0 Å². The molecular weight excluding hydrogens is 859 g/mol. The monoisotopic (exact) mass is 909 g/mol. The molecule has 0 spiro atoms. The van der Waals surface area contributed by atoms with Crippen LogP contribution in [0, 0.1) is 0 Å². The zero-order valence-electron chi connectivity index (χ0n) is 40.0. The van der Waals surface area contributed by atoms with Gasteiger partial charge in [-0.1, -0.05) is 171 Å². The Hall–Kier alpha value is -8.92. The van der Waals surface area contributed by atoms with Crippen LogP contribution < -0.4 is 4.90 Å². The first-order chi connectivity index (χ1) is 35.1. The molecule has 9 aromatic carbocycles. The molecule has 3 heteroatoms. The molecule has 0 atom stereocenters. The molecule has 0 fully saturated rings. The van der Waals surface area contributed by atoms with Crippen molar-refractivity contribution >= 4 is 106 Å². The number of rotatable bonds is 10. The van der Waals surface area contributed by atoms with Crippen molar-refractivity contribution in [3.8, 4) is 16.8 Å². The van der Waals surface area contributed by atoms with Crippen molar-refractivity contribution < 1.29 is 0 Å². The van der Waals surface area contributed by atoms with Gasteiger partial charge in [-0.25, -0.2) is 0 Å². The SMILES string of the molecule is C=Cc1c(/C=C\C)n2c3ccccc3c3c(-c4ccc(N(c5ccc(C6=CCCc7c(/C=C\C)c(C=C)n(-c8ccccc8)c76)cc5)c5ccc6c7ccccc7c7ccccc7c6c5)cc4)ccc1c32. The van der Waals surface area contributed by atoms with Crippen LogP contribution >= 0.6 is 0 Å². The summed E-state index contributed by atoms with van der Waals surface area (Å²) in [5.41, 5.74) is 19.0. The zero-order chi connectivity index (χ0) is 47.7. The van der Waals surface area contributed by atoms with Crippen LogP contribution in [0.4, 0.5) is 17.1 Å². The van der Waals surface area contributed by atoms with E-state index in [0.29, 0.717) is 0 Å². The largest absolute Gasteiger partial charge is 0.310 e. The fourth-order valence-electron chi connectivity index (χ4n) is 12.0. The highest BCUT2D eigenvalue weighted by atomic mass is 15.1. The molecule has 0 radical (unpaired) electrons. The summed E-state index contributed by atoms with van der Waals surface area (Å²) in [7, 11) is 0. The van der Waals surface area contributed by atoms with Crippen molar-refractivity contribution in [3.63, 3.8) is 0 Å². The van der Waals surface area contributed by atoms with Gasteiger partial charge in [-0.05, 0) is 148 Å². The Morgan fingerprint density at radius 1 is 0.493 bits per heavy atom. The highest BCUT2D eigenvalue weighted by Crippen LogP contribution is 2.47. The zero-order valence-corrected chi connectivity index (χ0v) is 40.0. The number of para-hydroxylation sites is 2. The van der Waals surface area contributed by atoms with Crippen molar-refractivity contribution in [2.45, 2.75) is 26.7 Å². The molecule has 0 unspecified atom stereocenters. The van der Waals surface area contributed by atoms with Gasteiger partial charge in [0.15, 0.2) is 0 Å². The smallest absolute Gasteiger partial charge is 0.0626 e. The first-order valence-corrected chi connectivity index (χ1v) is 24.8. The van der Waals surface area contributed by atoms with E-state index in [0.717, 1.165) is 41.3 Å². The molecule has 71 heavy (non-hydrogen) atoms. The molecule has 0 bridgehead atoms. The maximum absolute atomic E-state index is 4.32. The summed E-state index contributed by atoms with van der Waals surface area (Å²) in [6.45, 7) is 12.8. The minimum atomic E-state index is 0.973. The van der Waals surface area contributed by atoms with E-state index in [9.17, 15) is 0 Å². The Morgan fingerprint density at radius 2 is 1.07 bits per heavy atom.